The Morgan fingerprint density at radius 3 is 2.80 bits per heavy atom. The SMILES string of the molecule is O=C(c1ccco1)c1cc(Br)ccc1I. The van der Waals surface area contributed by atoms with Crippen molar-refractivity contribution < 1.29 is 9.21 Å². The molecule has 4 heteroatoms. The molecule has 0 spiro atoms. The monoisotopic (exact) mass is 376 g/mol. The van der Waals surface area contributed by atoms with E-state index in [-0.39, 0.29) is 5.78 Å². The molecular formula is C11H6BrIO2. The summed E-state index contributed by atoms with van der Waals surface area (Å²) >= 11 is 5.48. The maximum atomic E-state index is 12.0. The highest BCUT2D eigenvalue weighted by atomic mass is 127. The number of ketones is 1. The van der Waals surface area contributed by atoms with Crippen LogP contribution in [0.15, 0.2) is 45.5 Å². The third-order valence-electron chi connectivity index (χ3n) is 1.92. The van der Waals surface area contributed by atoms with Crippen molar-refractivity contribution in [3.8, 4) is 0 Å². The third-order valence-corrected chi connectivity index (χ3v) is 3.35. The van der Waals surface area contributed by atoms with Gasteiger partial charge in [-0.1, -0.05) is 15.9 Å². The van der Waals surface area contributed by atoms with Gasteiger partial charge in [0.05, 0.1) is 6.26 Å². The summed E-state index contributed by atoms with van der Waals surface area (Å²) in [6, 6.07) is 8.96. The lowest BCUT2D eigenvalue weighted by Crippen LogP contribution is -2.02. The van der Waals surface area contributed by atoms with E-state index < -0.39 is 0 Å². The van der Waals surface area contributed by atoms with E-state index in [0.29, 0.717) is 11.3 Å². The van der Waals surface area contributed by atoms with Crippen LogP contribution in [0.1, 0.15) is 16.1 Å². The highest BCUT2D eigenvalue weighted by Crippen LogP contribution is 2.21. The van der Waals surface area contributed by atoms with E-state index in [2.05, 4.69) is 38.5 Å². The molecule has 76 valence electrons. The van der Waals surface area contributed by atoms with E-state index in [9.17, 15) is 4.79 Å². The number of carbonyl (C=O) groups is 1. The lowest BCUT2D eigenvalue weighted by molar-refractivity contribution is 0.101. The lowest BCUT2D eigenvalue weighted by Gasteiger charge is -2.01. The fourth-order valence-corrected chi connectivity index (χ4v) is 2.15. The van der Waals surface area contributed by atoms with Gasteiger partial charge in [0.15, 0.2) is 5.76 Å². The molecule has 0 aliphatic heterocycles. The van der Waals surface area contributed by atoms with Crippen molar-refractivity contribution in [1.82, 2.24) is 0 Å². The number of rotatable bonds is 2. The molecule has 1 heterocycles. The molecule has 0 aliphatic rings. The van der Waals surface area contributed by atoms with Crippen molar-refractivity contribution in [2.45, 2.75) is 0 Å². The summed E-state index contributed by atoms with van der Waals surface area (Å²) in [4.78, 5) is 12.0. The predicted molar refractivity (Wildman–Crippen MR) is 69.0 cm³/mol. The number of hydrogen-bond donors (Lipinski definition) is 0. The van der Waals surface area contributed by atoms with Crippen LogP contribution in [0.25, 0.3) is 0 Å². The zero-order chi connectivity index (χ0) is 10.8. The summed E-state index contributed by atoms with van der Waals surface area (Å²) < 4.78 is 6.88. The first kappa shape index (κ1) is 10.9. The Labute approximate surface area is 109 Å². The van der Waals surface area contributed by atoms with Gasteiger partial charge in [0.2, 0.25) is 5.78 Å². The second kappa shape index (κ2) is 4.49. The molecule has 0 saturated carbocycles. The van der Waals surface area contributed by atoms with Gasteiger partial charge >= 0.3 is 0 Å². The quantitative estimate of drug-likeness (QED) is 0.588. The van der Waals surface area contributed by atoms with Crippen LogP contribution < -0.4 is 0 Å². The van der Waals surface area contributed by atoms with Crippen molar-refractivity contribution >= 4 is 44.3 Å². The molecule has 15 heavy (non-hydrogen) atoms. The molecule has 2 rings (SSSR count). The first-order valence-electron chi connectivity index (χ1n) is 4.22. The van der Waals surface area contributed by atoms with Gasteiger partial charge < -0.3 is 4.42 Å². The van der Waals surface area contributed by atoms with Crippen LogP contribution in [0.5, 0.6) is 0 Å². The topological polar surface area (TPSA) is 30.2 Å². The first-order valence-corrected chi connectivity index (χ1v) is 6.09. The smallest absolute Gasteiger partial charge is 0.229 e. The van der Waals surface area contributed by atoms with E-state index >= 15 is 0 Å². The molecule has 0 amide bonds. The van der Waals surface area contributed by atoms with E-state index in [4.69, 9.17) is 4.42 Å². The van der Waals surface area contributed by atoms with E-state index in [0.717, 1.165) is 8.04 Å². The number of hydrogen-bond acceptors (Lipinski definition) is 2. The van der Waals surface area contributed by atoms with Gasteiger partial charge in [-0.3, -0.25) is 4.79 Å². The van der Waals surface area contributed by atoms with Gasteiger partial charge in [0, 0.05) is 13.6 Å². The average molecular weight is 377 g/mol. The van der Waals surface area contributed by atoms with Gasteiger partial charge in [-0.05, 0) is 52.9 Å². The van der Waals surface area contributed by atoms with E-state index in [1.165, 1.54) is 6.26 Å². The molecule has 0 atom stereocenters. The molecule has 0 saturated heterocycles. The van der Waals surface area contributed by atoms with Crippen molar-refractivity contribution in [3.63, 3.8) is 0 Å². The Bertz CT molecular complexity index is 491. The van der Waals surface area contributed by atoms with Crippen LogP contribution in [-0.2, 0) is 0 Å². The van der Waals surface area contributed by atoms with Crippen LogP contribution >= 0.6 is 38.5 Å². The van der Waals surface area contributed by atoms with Gasteiger partial charge in [-0.25, -0.2) is 0 Å². The molecule has 0 aliphatic carbocycles. The lowest BCUT2D eigenvalue weighted by atomic mass is 10.1. The molecule has 0 fully saturated rings. The Balaban J connectivity index is 2.46. The predicted octanol–water partition coefficient (Wildman–Crippen LogP) is 3.88. The first-order chi connectivity index (χ1) is 7.18. The maximum Gasteiger partial charge on any atom is 0.229 e. The Hall–Kier alpha value is -0.620. The van der Waals surface area contributed by atoms with Crippen molar-refractivity contribution in [2.24, 2.45) is 0 Å². The number of benzene rings is 1. The van der Waals surface area contributed by atoms with Crippen LogP contribution in [0.4, 0.5) is 0 Å². The molecule has 2 nitrogen and oxygen atoms in total. The van der Waals surface area contributed by atoms with Crippen LogP contribution in [0.2, 0.25) is 0 Å². The van der Waals surface area contributed by atoms with Gasteiger partial charge in [0.25, 0.3) is 0 Å². The highest BCUT2D eigenvalue weighted by molar-refractivity contribution is 14.1. The molecule has 2 aromatic rings. The third kappa shape index (κ3) is 2.31. The molecule has 0 radical (unpaired) electrons. The summed E-state index contributed by atoms with van der Waals surface area (Å²) in [7, 11) is 0. The fourth-order valence-electron chi connectivity index (χ4n) is 1.21. The molecule has 1 aromatic carbocycles. The number of furan rings is 1. The zero-order valence-electron chi connectivity index (χ0n) is 7.54. The molecule has 0 unspecified atom stereocenters. The van der Waals surface area contributed by atoms with Crippen molar-refractivity contribution in [1.29, 1.82) is 0 Å². The van der Waals surface area contributed by atoms with Gasteiger partial charge in [-0.2, -0.15) is 0 Å². The van der Waals surface area contributed by atoms with Crippen LogP contribution in [0, 0.1) is 3.57 Å². The molecule has 0 N–H and O–H groups in total. The summed E-state index contributed by atoms with van der Waals surface area (Å²) in [5.74, 6) is 0.275. The maximum absolute atomic E-state index is 12.0. The molecule has 1 aromatic heterocycles. The number of halogens is 2. The van der Waals surface area contributed by atoms with Gasteiger partial charge in [-0.15, -0.1) is 0 Å². The highest BCUT2D eigenvalue weighted by Gasteiger charge is 2.14. The summed E-state index contributed by atoms with van der Waals surface area (Å²) in [5, 5.41) is 0. The number of carbonyl (C=O) groups excluding carboxylic acids is 1. The molecule has 0 bridgehead atoms. The summed E-state index contributed by atoms with van der Waals surface area (Å²) in [6.45, 7) is 0. The Kier molecular flexibility index (Phi) is 3.25. The van der Waals surface area contributed by atoms with Crippen LogP contribution in [-0.4, -0.2) is 5.78 Å². The largest absolute Gasteiger partial charge is 0.461 e. The minimum Gasteiger partial charge on any atom is -0.461 e. The standard InChI is InChI=1S/C11H6BrIO2/c12-7-3-4-9(13)8(6-7)11(14)10-2-1-5-15-10/h1-6H. The average Bonchev–Trinajstić information content (AvgIpc) is 2.74. The van der Waals surface area contributed by atoms with Crippen LogP contribution in [0.3, 0.4) is 0 Å². The Morgan fingerprint density at radius 1 is 1.33 bits per heavy atom. The second-order valence-corrected chi connectivity index (χ2v) is 5.01. The summed E-state index contributed by atoms with van der Waals surface area (Å²) in [5.41, 5.74) is 0.653. The van der Waals surface area contributed by atoms with Gasteiger partial charge in [0.1, 0.15) is 0 Å². The minimum atomic E-state index is -0.0919. The molecular weight excluding hydrogens is 371 g/mol. The zero-order valence-corrected chi connectivity index (χ0v) is 11.3. The fraction of sp³-hybridized carbons (Fsp3) is 0. The Morgan fingerprint density at radius 2 is 2.13 bits per heavy atom. The normalized spacial score (nSPS) is 10.3. The van der Waals surface area contributed by atoms with E-state index in [1.807, 2.05) is 12.1 Å². The van der Waals surface area contributed by atoms with E-state index in [1.54, 1.807) is 18.2 Å². The second-order valence-electron chi connectivity index (χ2n) is 2.93. The minimum absolute atomic E-state index is 0.0919. The van der Waals surface area contributed by atoms with Crippen molar-refractivity contribution in [3.05, 3.63) is 56.0 Å². The van der Waals surface area contributed by atoms with Crippen molar-refractivity contribution in [2.75, 3.05) is 0 Å². The summed E-state index contributed by atoms with van der Waals surface area (Å²) in [6.07, 6.45) is 1.50.